The van der Waals surface area contributed by atoms with Gasteiger partial charge in [0.1, 0.15) is 30.9 Å². The average molecular weight is 1070 g/mol. The molecular formula is C49H85N3O18P2. The molecule has 3 unspecified atom stereocenters. The lowest BCUT2D eigenvalue weighted by atomic mass is 9.82. The van der Waals surface area contributed by atoms with Gasteiger partial charge in [0.05, 0.1) is 37.6 Å². The SMILES string of the molecule is CCCCC[C@H](O)/C=C\[C@@H]1[C@H](O)[C@H](O)[C@H]2COP(=O)(O)OP(=O)(O)OC[C@@H](COC(=O)CCCCCCCCCCCCC(C)CC)OC(=O)CCCC=CC[C@H]([C@H](n3ccc(N)nc3=O)O2)[C@@H](O)C[C@H]1O. The number of anilines is 1. The lowest BCUT2D eigenvalue weighted by Crippen LogP contribution is -2.52. The maximum absolute atomic E-state index is 13.3. The lowest BCUT2D eigenvalue weighted by Gasteiger charge is -2.40. The molecule has 0 aliphatic carbocycles. The van der Waals surface area contributed by atoms with Crippen molar-refractivity contribution in [1.82, 2.24) is 9.55 Å². The summed E-state index contributed by atoms with van der Waals surface area (Å²) in [7, 11) is -11.3. The molecule has 3 heterocycles. The number of nitrogens with two attached hydrogens (primary N) is 1. The third-order valence-corrected chi connectivity index (χ3v) is 15.7. The van der Waals surface area contributed by atoms with Crippen molar-refractivity contribution in [2.45, 2.75) is 211 Å². The smallest absolute Gasteiger partial charge is 0.462 e. The Morgan fingerprint density at radius 2 is 1.53 bits per heavy atom. The largest absolute Gasteiger partial charge is 0.481 e. The van der Waals surface area contributed by atoms with Crippen molar-refractivity contribution >= 4 is 33.4 Å². The number of carbonyl (C=O) groups is 2. The molecule has 2 aliphatic heterocycles. The summed E-state index contributed by atoms with van der Waals surface area (Å²) >= 11 is 0. The number of nitrogen functional groups attached to an aromatic ring is 1. The van der Waals surface area contributed by atoms with Crippen molar-refractivity contribution < 1.29 is 81.6 Å². The van der Waals surface area contributed by atoms with E-state index in [-0.39, 0.29) is 37.9 Å². The van der Waals surface area contributed by atoms with Crippen LogP contribution in [0.3, 0.4) is 0 Å². The molecule has 3 rings (SSSR count). The average Bonchev–Trinajstić information content (AvgIpc) is 3.31. The minimum atomic E-state index is -5.70. The Morgan fingerprint density at radius 1 is 0.889 bits per heavy atom. The number of hydrogen-bond donors (Lipinski definition) is 8. The summed E-state index contributed by atoms with van der Waals surface area (Å²) in [4.78, 5) is 64.1. The predicted octanol–water partition coefficient (Wildman–Crippen LogP) is 6.85. The first-order valence-corrected chi connectivity index (χ1v) is 29.0. The van der Waals surface area contributed by atoms with Gasteiger partial charge in [0.25, 0.3) is 0 Å². The van der Waals surface area contributed by atoms with Gasteiger partial charge in [0, 0.05) is 37.3 Å². The number of allylic oxidation sites excluding steroid dienone is 2. The number of carbonyl (C=O) groups excluding carboxylic acids is 2. The quantitative estimate of drug-likeness (QED) is 0.0240. The molecule has 0 saturated carbocycles. The molecule has 13 atom stereocenters. The van der Waals surface area contributed by atoms with Gasteiger partial charge in [0.2, 0.25) is 0 Å². The van der Waals surface area contributed by atoms with E-state index in [0.29, 0.717) is 19.3 Å². The standard InChI is InChI=1S/C49H85N3O18P2/c1-4-6-17-23-36(53)27-28-38-40(54)31-41(55)39-24-19-15-16-21-26-45(57)68-37(32-65-44(56)25-20-14-12-10-8-7-9-11-13-18-22-35(3)5-2)33-66-71(61,62)70-72(63,64)67-34-42(47(59)46(38)58)69-48(39)52-30-29-43(50)51-49(52)60/h15,19,27-30,35-42,46-48,53-55,58-59H,4-14,16-18,20-26,31-34H2,1-3H3,(H,61,62)(H,63,64)(H2,50,51,60)/b19-15?,28-27-/t35?,36-,37+,38-,39-,40+,41-,42+,46-,47+,48+/m0/s1. The minimum absolute atomic E-state index is 0.0817. The molecule has 21 nitrogen and oxygen atoms in total. The molecule has 0 spiro atoms. The highest BCUT2D eigenvalue weighted by Gasteiger charge is 2.45. The summed E-state index contributed by atoms with van der Waals surface area (Å²) in [5, 5.41) is 57.4. The number of aliphatic hydroxyl groups excluding tert-OH is 5. The third-order valence-electron chi connectivity index (χ3n) is 13.1. The van der Waals surface area contributed by atoms with Crippen molar-refractivity contribution in [3.63, 3.8) is 0 Å². The van der Waals surface area contributed by atoms with Crippen LogP contribution >= 0.6 is 15.6 Å². The zero-order valence-electron chi connectivity index (χ0n) is 42.5. The van der Waals surface area contributed by atoms with E-state index in [1.807, 2.05) is 6.92 Å². The fraction of sp³-hybridized carbons (Fsp3) is 0.796. The zero-order valence-corrected chi connectivity index (χ0v) is 44.3. The molecule has 23 heteroatoms. The Labute approximate surface area is 424 Å². The van der Waals surface area contributed by atoms with Crippen LogP contribution in [0.25, 0.3) is 0 Å². The molecule has 72 heavy (non-hydrogen) atoms. The van der Waals surface area contributed by atoms with Gasteiger partial charge < -0.3 is 55.3 Å². The van der Waals surface area contributed by atoms with Crippen molar-refractivity contribution in [2.24, 2.45) is 17.8 Å². The van der Waals surface area contributed by atoms with Crippen LogP contribution in [0.2, 0.25) is 0 Å². The summed E-state index contributed by atoms with van der Waals surface area (Å²) in [6.45, 7) is 3.82. The Morgan fingerprint density at radius 3 is 2.18 bits per heavy atom. The predicted molar refractivity (Wildman–Crippen MR) is 268 cm³/mol. The van der Waals surface area contributed by atoms with E-state index in [1.54, 1.807) is 12.2 Å². The van der Waals surface area contributed by atoms with Crippen molar-refractivity contribution in [3.8, 4) is 0 Å². The second kappa shape index (κ2) is 33.9. The molecule has 414 valence electrons. The summed E-state index contributed by atoms with van der Waals surface area (Å²) in [6, 6.07) is 1.24. The molecule has 1 aromatic heterocycles. The molecule has 0 radical (unpaired) electrons. The first kappa shape index (κ1) is 63.4. The second-order valence-corrected chi connectivity index (χ2v) is 22.3. The number of nitrogens with zero attached hydrogens (tertiary/aromatic N) is 2. The Balaban J connectivity index is 1.79. The van der Waals surface area contributed by atoms with Crippen LogP contribution in [-0.4, -0.2) is 119 Å². The number of aromatic nitrogens is 2. The van der Waals surface area contributed by atoms with Crippen molar-refractivity contribution in [2.75, 3.05) is 25.6 Å². The van der Waals surface area contributed by atoms with Gasteiger partial charge in [-0.3, -0.25) is 23.2 Å². The number of cyclic esters (lactones) is 1. The number of fused-ring (bicyclic) bond motifs is 3. The Bertz CT molecular complexity index is 1940. The van der Waals surface area contributed by atoms with Crippen LogP contribution in [0.1, 0.15) is 168 Å². The maximum atomic E-state index is 13.3. The Kier molecular flexibility index (Phi) is 29.9. The number of rotatable bonds is 23. The number of esters is 2. The van der Waals surface area contributed by atoms with E-state index in [0.717, 1.165) is 49.0 Å². The molecular weight excluding hydrogens is 980 g/mol. The second-order valence-electron chi connectivity index (χ2n) is 19.2. The van der Waals surface area contributed by atoms with E-state index >= 15 is 0 Å². The molecule has 9 N–H and O–H groups in total. The fourth-order valence-electron chi connectivity index (χ4n) is 8.56. The minimum Gasteiger partial charge on any atom is -0.462 e. The van der Waals surface area contributed by atoms with Gasteiger partial charge in [-0.25, -0.2) is 13.9 Å². The summed E-state index contributed by atoms with van der Waals surface area (Å²) in [5.41, 5.74) is 4.78. The van der Waals surface area contributed by atoms with Gasteiger partial charge in [0.15, 0.2) is 6.10 Å². The van der Waals surface area contributed by atoms with Gasteiger partial charge >= 0.3 is 33.3 Å². The van der Waals surface area contributed by atoms with Crippen LogP contribution in [0, 0.1) is 17.8 Å². The van der Waals surface area contributed by atoms with Crippen LogP contribution in [0.5, 0.6) is 0 Å². The number of aliphatic hydroxyl groups is 5. The zero-order chi connectivity index (χ0) is 53.1. The Hall–Kier alpha value is -2.88. The molecule has 0 amide bonds. The number of phosphoric ester groups is 2. The normalized spacial score (nSPS) is 30.6. The highest BCUT2D eigenvalue weighted by molar-refractivity contribution is 7.61. The van der Waals surface area contributed by atoms with Gasteiger partial charge in [-0.2, -0.15) is 9.29 Å². The molecule has 1 fully saturated rings. The first-order valence-electron chi connectivity index (χ1n) is 26.0. The van der Waals surface area contributed by atoms with Gasteiger partial charge in [-0.15, -0.1) is 0 Å². The first-order chi connectivity index (χ1) is 34.3. The topological polar surface area (TPSA) is 326 Å². The monoisotopic (exact) mass is 1070 g/mol. The summed E-state index contributed by atoms with van der Waals surface area (Å²) in [6.07, 6.45) is 9.77. The molecule has 2 bridgehead atoms. The van der Waals surface area contributed by atoms with Crippen LogP contribution in [0.4, 0.5) is 5.82 Å². The number of unbranched alkanes of at least 4 members (excludes halogenated alkanes) is 11. The lowest BCUT2D eigenvalue weighted by molar-refractivity contribution is -0.194. The molecule has 1 saturated heterocycles. The summed E-state index contributed by atoms with van der Waals surface area (Å²) in [5.74, 6) is -3.34. The van der Waals surface area contributed by atoms with Crippen LogP contribution in [-0.2, 0) is 46.3 Å². The maximum Gasteiger partial charge on any atom is 0.481 e. The van der Waals surface area contributed by atoms with E-state index in [9.17, 15) is 58.8 Å². The van der Waals surface area contributed by atoms with Crippen LogP contribution in [0.15, 0.2) is 41.4 Å². The van der Waals surface area contributed by atoms with E-state index in [1.165, 1.54) is 69.4 Å². The van der Waals surface area contributed by atoms with E-state index < -0.39 is 120 Å². The van der Waals surface area contributed by atoms with Gasteiger partial charge in [-0.1, -0.05) is 135 Å². The number of phosphoric acid groups is 2. The van der Waals surface area contributed by atoms with Gasteiger partial charge in [-0.05, 0) is 44.1 Å². The van der Waals surface area contributed by atoms with E-state index in [4.69, 9.17) is 29.0 Å². The van der Waals surface area contributed by atoms with E-state index in [2.05, 4.69) is 23.1 Å². The third kappa shape index (κ3) is 24.6. The highest BCUT2D eigenvalue weighted by Crippen LogP contribution is 2.60. The van der Waals surface area contributed by atoms with Crippen molar-refractivity contribution in [1.29, 1.82) is 0 Å². The molecule has 1 aromatic rings. The molecule has 0 aromatic carbocycles. The molecule has 2 aliphatic rings. The number of ether oxygens (including phenoxy) is 3. The highest BCUT2D eigenvalue weighted by atomic mass is 31.3. The van der Waals surface area contributed by atoms with Crippen LogP contribution < -0.4 is 11.4 Å². The number of hydrogen-bond acceptors (Lipinski definition) is 18. The summed E-state index contributed by atoms with van der Waals surface area (Å²) < 4.78 is 59.0. The fourth-order valence-corrected chi connectivity index (χ4v) is 10.7. The van der Waals surface area contributed by atoms with Crippen molar-refractivity contribution in [3.05, 3.63) is 47.1 Å².